The number of rotatable bonds is 5. The van der Waals surface area contributed by atoms with Crippen molar-refractivity contribution < 1.29 is 0 Å². The molecule has 3 nitrogen and oxygen atoms in total. The SMILES string of the molecule is Cc1cc(N(C)CCC2CC2)nc(C(C)C)n1. The van der Waals surface area contributed by atoms with Crippen LogP contribution in [0.3, 0.4) is 0 Å². The molecule has 94 valence electrons. The molecule has 0 saturated heterocycles. The summed E-state index contributed by atoms with van der Waals surface area (Å²) in [6.45, 7) is 7.44. The van der Waals surface area contributed by atoms with Gasteiger partial charge in [-0.1, -0.05) is 26.7 Å². The highest BCUT2D eigenvalue weighted by Crippen LogP contribution is 2.32. The number of aryl methyl sites for hydroxylation is 1. The molecule has 1 fully saturated rings. The quantitative estimate of drug-likeness (QED) is 0.782. The zero-order valence-corrected chi connectivity index (χ0v) is 11.4. The topological polar surface area (TPSA) is 29.0 Å². The lowest BCUT2D eigenvalue weighted by Crippen LogP contribution is -2.21. The van der Waals surface area contributed by atoms with Gasteiger partial charge >= 0.3 is 0 Å². The third-order valence-corrected chi connectivity index (χ3v) is 3.34. The van der Waals surface area contributed by atoms with Crippen molar-refractivity contribution in [2.24, 2.45) is 5.92 Å². The van der Waals surface area contributed by atoms with E-state index < -0.39 is 0 Å². The van der Waals surface area contributed by atoms with Crippen molar-refractivity contribution in [1.82, 2.24) is 9.97 Å². The Morgan fingerprint density at radius 1 is 1.35 bits per heavy atom. The van der Waals surface area contributed by atoms with E-state index in [2.05, 4.69) is 41.8 Å². The van der Waals surface area contributed by atoms with Crippen molar-refractivity contribution in [2.75, 3.05) is 18.5 Å². The lowest BCUT2D eigenvalue weighted by molar-refractivity contribution is 0.696. The van der Waals surface area contributed by atoms with Crippen LogP contribution in [-0.2, 0) is 0 Å². The molecule has 1 aromatic heterocycles. The fourth-order valence-corrected chi connectivity index (χ4v) is 1.93. The van der Waals surface area contributed by atoms with Gasteiger partial charge in [0.1, 0.15) is 11.6 Å². The van der Waals surface area contributed by atoms with E-state index >= 15 is 0 Å². The van der Waals surface area contributed by atoms with Crippen LogP contribution in [-0.4, -0.2) is 23.6 Å². The minimum Gasteiger partial charge on any atom is -0.360 e. The second-order valence-corrected chi connectivity index (χ2v) is 5.53. The zero-order valence-electron chi connectivity index (χ0n) is 11.4. The molecule has 1 aromatic rings. The predicted octanol–water partition coefficient (Wildman–Crippen LogP) is 3.14. The maximum absolute atomic E-state index is 4.65. The van der Waals surface area contributed by atoms with Crippen molar-refractivity contribution in [3.8, 4) is 0 Å². The molecule has 1 aliphatic carbocycles. The Morgan fingerprint density at radius 3 is 2.65 bits per heavy atom. The molecule has 0 N–H and O–H groups in total. The molecule has 0 radical (unpaired) electrons. The van der Waals surface area contributed by atoms with E-state index in [9.17, 15) is 0 Å². The van der Waals surface area contributed by atoms with Crippen LogP contribution in [0.5, 0.6) is 0 Å². The van der Waals surface area contributed by atoms with E-state index in [-0.39, 0.29) is 0 Å². The number of aromatic nitrogens is 2. The summed E-state index contributed by atoms with van der Waals surface area (Å²) in [6.07, 6.45) is 4.15. The number of anilines is 1. The second-order valence-electron chi connectivity index (χ2n) is 5.53. The van der Waals surface area contributed by atoms with Gasteiger partial charge in [-0.15, -0.1) is 0 Å². The summed E-state index contributed by atoms with van der Waals surface area (Å²) in [6, 6.07) is 2.08. The van der Waals surface area contributed by atoms with E-state index in [0.717, 1.165) is 29.8 Å². The molecule has 1 aliphatic rings. The van der Waals surface area contributed by atoms with E-state index in [1.807, 2.05) is 6.92 Å². The molecule has 0 spiro atoms. The van der Waals surface area contributed by atoms with Crippen molar-refractivity contribution in [2.45, 2.75) is 46.0 Å². The van der Waals surface area contributed by atoms with Gasteiger partial charge in [-0.25, -0.2) is 9.97 Å². The van der Waals surface area contributed by atoms with Gasteiger partial charge in [0.2, 0.25) is 0 Å². The molecule has 2 rings (SSSR count). The molecule has 17 heavy (non-hydrogen) atoms. The fraction of sp³-hybridized carbons (Fsp3) is 0.714. The van der Waals surface area contributed by atoms with Crippen molar-refractivity contribution in [1.29, 1.82) is 0 Å². The lowest BCUT2D eigenvalue weighted by atomic mass is 10.2. The maximum atomic E-state index is 4.65. The van der Waals surface area contributed by atoms with Gasteiger partial charge in [0.15, 0.2) is 0 Å². The molecule has 1 heterocycles. The fourth-order valence-electron chi connectivity index (χ4n) is 1.93. The Labute approximate surface area is 104 Å². The maximum Gasteiger partial charge on any atom is 0.133 e. The van der Waals surface area contributed by atoms with E-state index in [0.29, 0.717) is 5.92 Å². The van der Waals surface area contributed by atoms with E-state index in [4.69, 9.17) is 0 Å². The van der Waals surface area contributed by atoms with E-state index in [1.54, 1.807) is 0 Å². The molecule has 0 amide bonds. The number of nitrogens with zero attached hydrogens (tertiary/aromatic N) is 3. The van der Waals surface area contributed by atoms with Gasteiger partial charge in [-0.3, -0.25) is 0 Å². The number of hydrogen-bond acceptors (Lipinski definition) is 3. The molecule has 0 aliphatic heterocycles. The minimum absolute atomic E-state index is 0.394. The summed E-state index contributed by atoms with van der Waals surface area (Å²) in [7, 11) is 2.13. The summed E-state index contributed by atoms with van der Waals surface area (Å²) in [5.41, 5.74) is 1.07. The van der Waals surface area contributed by atoms with Crippen LogP contribution in [0.2, 0.25) is 0 Å². The first-order valence-electron chi connectivity index (χ1n) is 6.63. The average molecular weight is 233 g/mol. The summed E-state index contributed by atoms with van der Waals surface area (Å²) in [5, 5.41) is 0. The van der Waals surface area contributed by atoms with Crippen molar-refractivity contribution >= 4 is 5.82 Å². The monoisotopic (exact) mass is 233 g/mol. The van der Waals surface area contributed by atoms with Crippen LogP contribution in [0.1, 0.15) is 50.5 Å². The molecule has 0 unspecified atom stereocenters. The highest BCUT2D eigenvalue weighted by molar-refractivity contribution is 5.38. The molecule has 1 saturated carbocycles. The number of hydrogen-bond donors (Lipinski definition) is 0. The first kappa shape index (κ1) is 12.3. The normalized spacial score (nSPS) is 15.4. The Balaban J connectivity index is 2.06. The van der Waals surface area contributed by atoms with Gasteiger partial charge in [-0.2, -0.15) is 0 Å². The van der Waals surface area contributed by atoms with Crippen LogP contribution in [0, 0.1) is 12.8 Å². The Hall–Kier alpha value is -1.12. The Morgan fingerprint density at radius 2 is 2.06 bits per heavy atom. The highest BCUT2D eigenvalue weighted by Gasteiger charge is 2.21. The van der Waals surface area contributed by atoms with Crippen LogP contribution >= 0.6 is 0 Å². The lowest BCUT2D eigenvalue weighted by Gasteiger charge is -2.19. The predicted molar refractivity (Wildman–Crippen MR) is 71.5 cm³/mol. The molecule has 0 atom stereocenters. The second kappa shape index (κ2) is 5.03. The Kier molecular flexibility index (Phi) is 3.65. The standard InChI is InChI=1S/C14H23N3/c1-10(2)14-15-11(3)9-13(16-14)17(4)8-7-12-5-6-12/h9-10,12H,5-8H2,1-4H3. The van der Waals surface area contributed by atoms with Crippen LogP contribution in [0.4, 0.5) is 5.82 Å². The van der Waals surface area contributed by atoms with Gasteiger partial charge in [-0.05, 0) is 19.3 Å². The van der Waals surface area contributed by atoms with Crippen LogP contribution < -0.4 is 4.90 Å². The Bertz CT molecular complexity index is 383. The average Bonchev–Trinajstić information content (AvgIpc) is 3.08. The minimum atomic E-state index is 0.394. The van der Waals surface area contributed by atoms with Crippen molar-refractivity contribution in [3.63, 3.8) is 0 Å². The summed E-state index contributed by atoms with van der Waals surface area (Å²) in [5.74, 6) is 3.40. The summed E-state index contributed by atoms with van der Waals surface area (Å²) < 4.78 is 0. The largest absolute Gasteiger partial charge is 0.360 e. The highest BCUT2D eigenvalue weighted by atomic mass is 15.2. The van der Waals surface area contributed by atoms with Gasteiger partial charge in [0.25, 0.3) is 0 Å². The molecular formula is C14H23N3. The summed E-state index contributed by atoms with van der Waals surface area (Å²) in [4.78, 5) is 11.4. The zero-order chi connectivity index (χ0) is 12.4. The first-order chi connectivity index (χ1) is 8.06. The third-order valence-electron chi connectivity index (χ3n) is 3.34. The first-order valence-corrected chi connectivity index (χ1v) is 6.63. The van der Waals surface area contributed by atoms with E-state index in [1.165, 1.54) is 19.3 Å². The van der Waals surface area contributed by atoms with Crippen LogP contribution in [0.25, 0.3) is 0 Å². The molecule has 3 heteroatoms. The summed E-state index contributed by atoms with van der Waals surface area (Å²) >= 11 is 0. The van der Waals surface area contributed by atoms with Crippen molar-refractivity contribution in [3.05, 3.63) is 17.6 Å². The van der Waals surface area contributed by atoms with Gasteiger partial charge in [0, 0.05) is 31.3 Å². The van der Waals surface area contributed by atoms with Gasteiger partial charge in [0.05, 0.1) is 0 Å². The molecule has 0 aromatic carbocycles. The third kappa shape index (κ3) is 3.42. The van der Waals surface area contributed by atoms with Gasteiger partial charge < -0.3 is 4.90 Å². The molecular weight excluding hydrogens is 210 g/mol. The molecule has 0 bridgehead atoms. The van der Waals surface area contributed by atoms with Crippen LogP contribution in [0.15, 0.2) is 6.07 Å². The smallest absolute Gasteiger partial charge is 0.133 e.